The first-order chi connectivity index (χ1) is 8.65. The number of carboxylic acid groups (broad SMARTS) is 1. The number of aromatic carboxylic acids is 1. The molecule has 1 N–H and O–H groups in total. The third kappa shape index (κ3) is 3.30. The molecule has 0 radical (unpaired) electrons. The fraction of sp³-hybridized carbons (Fsp3) is 0.0769. The van der Waals surface area contributed by atoms with Crippen LogP contribution in [-0.2, 0) is 6.61 Å². The van der Waals surface area contributed by atoms with Gasteiger partial charge < -0.3 is 9.84 Å². The van der Waals surface area contributed by atoms with Gasteiger partial charge in [0.2, 0.25) is 0 Å². The number of nitrogens with zero attached hydrogens (tertiary/aromatic N) is 1. The van der Waals surface area contributed by atoms with Crippen molar-refractivity contribution in [2.75, 3.05) is 0 Å². The van der Waals surface area contributed by atoms with Crippen LogP contribution in [0.25, 0.3) is 0 Å². The summed E-state index contributed by atoms with van der Waals surface area (Å²) in [5, 5.41) is 8.88. The van der Waals surface area contributed by atoms with Crippen LogP contribution in [-0.4, -0.2) is 16.1 Å². The van der Waals surface area contributed by atoms with Crippen LogP contribution < -0.4 is 4.74 Å². The standard InChI is InChI=1S/C13H10BrNO3/c14-12-7-10(6-11(15-12)13(16)17)18-8-9-4-2-1-3-5-9/h1-7H,8H2,(H,16,17). The highest BCUT2D eigenvalue weighted by molar-refractivity contribution is 9.10. The Morgan fingerprint density at radius 3 is 2.67 bits per heavy atom. The normalized spacial score (nSPS) is 10.1. The molecule has 0 saturated heterocycles. The summed E-state index contributed by atoms with van der Waals surface area (Å²) in [4.78, 5) is 14.7. The molecule has 0 fully saturated rings. The molecule has 5 heteroatoms. The molecule has 0 unspecified atom stereocenters. The van der Waals surface area contributed by atoms with E-state index < -0.39 is 5.97 Å². The van der Waals surface area contributed by atoms with E-state index in [1.165, 1.54) is 6.07 Å². The van der Waals surface area contributed by atoms with E-state index in [-0.39, 0.29) is 5.69 Å². The lowest BCUT2D eigenvalue weighted by Gasteiger charge is -2.07. The molecule has 0 aliphatic rings. The van der Waals surface area contributed by atoms with Crippen LogP contribution in [0.2, 0.25) is 0 Å². The van der Waals surface area contributed by atoms with E-state index in [1.807, 2.05) is 30.3 Å². The summed E-state index contributed by atoms with van der Waals surface area (Å²) >= 11 is 3.15. The van der Waals surface area contributed by atoms with Crippen molar-refractivity contribution in [1.82, 2.24) is 4.98 Å². The summed E-state index contributed by atoms with van der Waals surface area (Å²) in [6.45, 7) is 0.385. The molecule has 1 heterocycles. The topological polar surface area (TPSA) is 59.4 Å². The first-order valence-corrected chi connectivity index (χ1v) is 6.02. The van der Waals surface area contributed by atoms with Crippen molar-refractivity contribution in [1.29, 1.82) is 0 Å². The molecule has 0 spiro atoms. The lowest BCUT2D eigenvalue weighted by atomic mass is 10.2. The smallest absolute Gasteiger partial charge is 0.354 e. The molecule has 0 aliphatic heterocycles. The largest absolute Gasteiger partial charge is 0.489 e. The second-order valence-electron chi connectivity index (χ2n) is 3.59. The Hall–Kier alpha value is -1.88. The van der Waals surface area contributed by atoms with E-state index in [0.717, 1.165) is 5.56 Å². The number of carboxylic acids is 1. The van der Waals surface area contributed by atoms with Crippen LogP contribution in [0, 0.1) is 0 Å². The molecular weight excluding hydrogens is 298 g/mol. The Morgan fingerprint density at radius 2 is 2.00 bits per heavy atom. The van der Waals surface area contributed by atoms with Crippen LogP contribution in [0.1, 0.15) is 16.1 Å². The average Bonchev–Trinajstić information content (AvgIpc) is 2.37. The number of halogens is 1. The summed E-state index contributed by atoms with van der Waals surface area (Å²) in [6.07, 6.45) is 0. The quantitative estimate of drug-likeness (QED) is 0.882. The summed E-state index contributed by atoms with van der Waals surface area (Å²) in [7, 11) is 0. The predicted molar refractivity (Wildman–Crippen MR) is 69.7 cm³/mol. The number of pyridine rings is 1. The van der Waals surface area contributed by atoms with E-state index in [0.29, 0.717) is 17.0 Å². The summed E-state index contributed by atoms with van der Waals surface area (Å²) < 4.78 is 5.97. The summed E-state index contributed by atoms with van der Waals surface area (Å²) in [5.41, 5.74) is 0.967. The van der Waals surface area contributed by atoms with Gasteiger partial charge in [0, 0.05) is 12.1 Å². The van der Waals surface area contributed by atoms with Gasteiger partial charge in [0.15, 0.2) is 5.69 Å². The van der Waals surface area contributed by atoms with E-state index in [4.69, 9.17) is 9.84 Å². The maximum atomic E-state index is 10.8. The predicted octanol–water partition coefficient (Wildman–Crippen LogP) is 3.12. The van der Waals surface area contributed by atoms with Gasteiger partial charge in [-0.25, -0.2) is 9.78 Å². The molecule has 0 saturated carbocycles. The molecule has 2 aromatic rings. The minimum atomic E-state index is -1.08. The van der Waals surface area contributed by atoms with Crippen LogP contribution in [0.3, 0.4) is 0 Å². The van der Waals surface area contributed by atoms with Crippen molar-refractivity contribution in [3.8, 4) is 5.75 Å². The summed E-state index contributed by atoms with van der Waals surface area (Å²) in [5.74, 6) is -0.612. The molecule has 2 rings (SSSR count). The van der Waals surface area contributed by atoms with Gasteiger partial charge in [-0.15, -0.1) is 0 Å². The lowest BCUT2D eigenvalue weighted by molar-refractivity contribution is 0.0689. The van der Waals surface area contributed by atoms with Crippen molar-refractivity contribution in [2.45, 2.75) is 6.61 Å². The fourth-order valence-electron chi connectivity index (χ4n) is 1.41. The molecule has 92 valence electrons. The third-order valence-electron chi connectivity index (χ3n) is 2.24. The maximum Gasteiger partial charge on any atom is 0.354 e. The number of benzene rings is 1. The molecule has 1 aromatic carbocycles. The number of rotatable bonds is 4. The lowest BCUT2D eigenvalue weighted by Crippen LogP contribution is -2.02. The fourth-order valence-corrected chi connectivity index (χ4v) is 1.82. The Bertz CT molecular complexity index is 557. The zero-order valence-corrected chi connectivity index (χ0v) is 10.9. The number of carbonyl (C=O) groups is 1. The maximum absolute atomic E-state index is 10.8. The second kappa shape index (κ2) is 5.64. The first kappa shape index (κ1) is 12.6. The molecule has 0 atom stereocenters. The summed E-state index contributed by atoms with van der Waals surface area (Å²) in [6, 6.07) is 12.7. The highest BCUT2D eigenvalue weighted by atomic mass is 79.9. The highest BCUT2D eigenvalue weighted by Crippen LogP contribution is 2.19. The Balaban J connectivity index is 2.12. The van der Waals surface area contributed by atoms with Gasteiger partial charge in [0.1, 0.15) is 17.0 Å². The second-order valence-corrected chi connectivity index (χ2v) is 4.40. The van der Waals surface area contributed by atoms with Crippen LogP contribution in [0.4, 0.5) is 0 Å². The van der Waals surface area contributed by atoms with Crippen LogP contribution in [0.5, 0.6) is 5.75 Å². The highest BCUT2D eigenvalue weighted by Gasteiger charge is 2.08. The van der Waals surface area contributed by atoms with Gasteiger partial charge in [0.05, 0.1) is 0 Å². The SMILES string of the molecule is O=C(O)c1cc(OCc2ccccc2)cc(Br)n1. The van der Waals surface area contributed by atoms with Gasteiger partial charge in [-0.1, -0.05) is 30.3 Å². The van der Waals surface area contributed by atoms with E-state index in [2.05, 4.69) is 20.9 Å². The number of aromatic nitrogens is 1. The van der Waals surface area contributed by atoms with Crippen molar-refractivity contribution in [2.24, 2.45) is 0 Å². The Morgan fingerprint density at radius 1 is 1.28 bits per heavy atom. The molecule has 0 bridgehead atoms. The molecule has 4 nitrogen and oxygen atoms in total. The molecular formula is C13H10BrNO3. The Labute approximate surface area is 112 Å². The van der Waals surface area contributed by atoms with Gasteiger partial charge in [-0.3, -0.25) is 0 Å². The molecule has 1 aromatic heterocycles. The monoisotopic (exact) mass is 307 g/mol. The Kier molecular flexibility index (Phi) is 3.94. The molecule has 0 amide bonds. The first-order valence-electron chi connectivity index (χ1n) is 5.23. The number of ether oxygens (including phenoxy) is 1. The van der Waals surface area contributed by atoms with Crippen LogP contribution in [0.15, 0.2) is 47.1 Å². The van der Waals surface area contributed by atoms with Crippen molar-refractivity contribution < 1.29 is 14.6 Å². The van der Waals surface area contributed by atoms with Gasteiger partial charge in [0.25, 0.3) is 0 Å². The third-order valence-corrected chi connectivity index (χ3v) is 2.64. The van der Waals surface area contributed by atoms with Crippen molar-refractivity contribution in [3.63, 3.8) is 0 Å². The number of hydrogen-bond donors (Lipinski definition) is 1. The van der Waals surface area contributed by atoms with Crippen molar-refractivity contribution in [3.05, 3.63) is 58.3 Å². The van der Waals surface area contributed by atoms with E-state index >= 15 is 0 Å². The van der Waals surface area contributed by atoms with Crippen molar-refractivity contribution >= 4 is 21.9 Å². The minimum absolute atomic E-state index is 0.0487. The number of hydrogen-bond acceptors (Lipinski definition) is 3. The minimum Gasteiger partial charge on any atom is -0.489 e. The van der Waals surface area contributed by atoms with Gasteiger partial charge in [-0.2, -0.15) is 0 Å². The molecule has 0 aliphatic carbocycles. The average molecular weight is 308 g/mol. The molecule has 18 heavy (non-hydrogen) atoms. The van der Waals surface area contributed by atoms with E-state index in [1.54, 1.807) is 6.07 Å². The zero-order chi connectivity index (χ0) is 13.0. The zero-order valence-electron chi connectivity index (χ0n) is 9.34. The van der Waals surface area contributed by atoms with Gasteiger partial charge in [-0.05, 0) is 21.5 Å². The van der Waals surface area contributed by atoms with E-state index in [9.17, 15) is 4.79 Å². The van der Waals surface area contributed by atoms with Gasteiger partial charge >= 0.3 is 5.97 Å². The van der Waals surface area contributed by atoms with Crippen LogP contribution >= 0.6 is 15.9 Å².